The van der Waals surface area contributed by atoms with Gasteiger partial charge in [-0.3, -0.25) is 4.98 Å². The van der Waals surface area contributed by atoms with Crippen molar-refractivity contribution < 1.29 is 9.53 Å². The first kappa shape index (κ1) is 12.4. The Labute approximate surface area is 116 Å². The molecule has 4 nitrogen and oxygen atoms in total. The molecule has 3 rings (SSSR count). The molecule has 0 aliphatic rings. The number of rotatable bonds is 3. The van der Waals surface area contributed by atoms with Crippen LogP contribution in [0.4, 0.5) is 0 Å². The van der Waals surface area contributed by atoms with Crippen LogP contribution in [0, 0.1) is 0 Å². The van der Waals surface area contributed by atoms with E-state index in [0.717, 1.165) is 22.3 Å². The molecule has 20 heavy (non-hydrogen) atoms. The summed E-state index contributed by atoms with van der Waals surface area (Å²) < 4.78 is 5.00. The first-order valence-electron chi connectivity index (χ1n) is 6.49. The molecule has 0 aliphatic carbocycles. The number of aromatic nitrogens is 2. The second-order valence-corrected chi connectivity index (χ2v) is 4.42. The van der Waals surface area contributed by atoms with Crippen LogP contribution in [-0.4, -0.2) is 22.5 Å². The smallest absolute Gasteiger partial charge is 0.338 e. The van der Waals surface area contributed by atoms with Gasteiger partial charge in [0.05, 0.1) is 23.6 Å². The Morgan fingerprint density at radius 2 is 2.15 bits per heavy atom. The van der Waals surface area contributed by atoms with Gasteiger partial charge in [-0.2, -0.15) is 0 Å². The lowest BCUT2D eigenvalue weighted by Crippen LogP contribution is -2.03. The molecular formula is C16H14N2O2. The molecule has 0 bridgehead atoms. The van der Waals surface area contributed by atoms with Crippen molar-refractivity contribution in [2.75, 3.05) is 6.61 Å². The molecule has 2 aromatic heterocycles. The number of carbonyl (C=O) groups excluding carboxylic acids is 1. The van der Waals surface area contributed by atoms with E-state index >= 15 is 0 Å². The van der Waals surface area contributed by atoms with Gasteiger partial charge in [0.1, 0.15) is 0 Å². The van der Waals surface area contributed by atoms with E-state index in [0.29, 0.717) is 12.2 Å². The lowest BCUT2D eigenvalue weighted by molar-refractivity contribution is 0.0526. The number of pyridine rings is 1. The average molecular weight is 266 g/mol. The van der Waals surface area contributed by atoms with Crippen LogP contribution in [0.25, 0.3) is 22.3 Å². The minimum atomic E-state index is -0.302. The van der Waals surface area contributed by atoms with Crippen molar-refractivity contribution in [3.8, 4) is 11.4 Å². The number of nitrogens with zero attached hydrogens (tertiary/aromatic N) is 1. The van der Waals surface area contributed by atoms with Crippen molar-refractivity contribution >= 4 is 16.9 Å². The Hall–Kier alpha value is -2.62. The zero-order valence-electron chi connectivity index (χ0n) is 11.1. The number of ether oxygens (including phenoxy) is 1. The molecule has 1 aromatic carbocycles. The van der Waals surface area contributed by atoms with Crippen molar-refractivity contribution in [3.63, 3.8) is 0 Å². The van der Waals surface area contributed by atoms with Crippen molar-refractivity contribution in [2.24, 2.45) is 0 Å². The van der Waals surface area contributed by atoms with Gasteiger partial charge < -0.3 is 9.72 Å². The monoisotopic (exact) mass is 266 g/mol. The first-order valence-corrected chi connectivity index (χ1v) is 6.49. The van der Waals surface area contributed by atoms with Crippen molar-refractivity contribution in [3.05, 3.63) is 54.2 Å². The van der Waals surface area contributed by atoms with Crippen LogP contribution in [0.5, 0.6) is 0 Å². The van der Waals surface area contributed by atoms with Crippen molar-refractivity contribution in [1.29, 1.82) is 0 Å². The van der Waals surface area contributed by atoms with Gasteiger partial charge in [0, 0.05) is 17.1 Å². The standard InChI is InChI=1S/C16H14N2O2/c1-2-20-16(19)12-7-6-11-9-15(18-14(11)10-12)13-5-3-4-8-17-13/h3-10,18H,2H2,1H3. The number of fused-ring (bicyclic) bond motifs is 1. The molecule has 0 radical (unpaired) electrons. The molecule has 0 amide bonds. The molecule has 1 N–H and O–H groups in total. The molecule has 0 saturated carbocycles. The number of H-pyrrole nitrogens is 1. The third-order valence-electron chi connectivity index (χ3n) is 3.07. The highest BCUT2D eigenvalue weighted by molar-refractivity contribution is 5.95. The highest BCUT2D eigenvalue weighted by Gasteiger charge is 2.09. The zero-order chi connectivity index (χ0) is 13.9. The van der Waals surface area contributed by atoms with E-state index in [-0.39, 0.29) is 5.97 Å². The Morgan fingerprint density at radius 3 is 2.90 bits per heavy atom. The molecule has 0 aliphatic heterocycles. The number of nitrogens with one attached hydrogen (secondary N) is 1. The van der Waals surface area contributed by atoms with E-state index in [2.05, 4.69) is 9.97 Å². The fourth-order valence-electron chi connectivity index (χ4n) is 2.13. The zero-order valence-corrected chi connectivity index (χ0v) is 11.1. The van der Waals surface area contributed by atoms with E-state index in [4.69, 9.17) is 4.74 Å². The Kier molecular flexibility index (Phi) is 3.21. The van der Waals surface area contributed by atoms with Gasteiger partial charge in [-0.05, 0) is 37.3 Å². The summed E-state index contributed by atoms with van der Waals surface area (Å²) in [7, 11) is 0. The van der Waals surface area contributed by atoms with Crippen LogP contribution >= 0.6 is 0 Å². The summed E-state index contributed by atoms with van der Waals surface area (Å²) in [5.74, 6) is -0.302. The third-order valence-corrected chi connectivity index (χ3v) is 3.07. The molecule has 4 heteroatoms. The van der Waals surface area contributed by atoms with E-state index in [1.807, 2.05) is 30.3 Å². The van der Waals surface area contributed by atoms with Gasteiger partial charge in [-0.1, -0.05) is 12.1 Å². The van der Waals surface area contributed by atoms with E-state index in [1.54, 1.807) is 25.3 Å². The van der Waals surface area contributed by atoms with Gasteiger partial charge >= 0.3 is 5.97 Å². The predicted molar refractivity (Wildman–Crippen MR) is 77.5 cm³/mol. The quantitative estimate of drug-likeness (QED) is 0.739. The minimum absolute atomic E-state index is 0.302. The second-order valence-electron chi connectivity index (χ2n) is 4.42. The predicted octanol–water partition coefficient (Wildman–Crippen LogP) is 3.41. The molecule has 0 unspecified atom stereocenters. The van der Waals surface area contributed by atoms with Crippen LogP contribution in [0.2, 0.25) is 0 Å². The van der Waals surface area contributed by atoms with Crippen LogP contribution < -0.4 is 0 Å². The molecular weight excluding hydrogens is 252 g/mol. The maximum Gasteiger partial charge on any atom is 0.338 e. The fraction of sp³-hybridized carbons (Fsp3) is 0.125. The van der Waals surface area contributed by atoms with Crippen LogP contribution in [0.15, 0.2) is 48.7 Å². The van der Waals surface area contributed by atoms with Gasteiger partial charge in [0.25, 0.3) is 0 Å². The normalized spacial score (nSPS) is 10.7. The van der Waals surface area contributed by atoms with E-state index < -0.39 is 0 Å². The Morgan fingerprint density at radius 1 is 1.25 bits per heavy atom. The van der Waals surface area contributed by atoms with Crippen molar-refractivity contribution in [2.45, 2.75) is 6.92 Å². The molecule has 0 atom stereocenters. The minimum Gasteiger partial charge on any atom is -0.462 e. The first-order chi connectivity index (χ1) is 9.78. The summed E-state index contributed by atoms with van der Waals surface area (Å²) in [5, 5.41) is 1.04. The Bertz CT molecular complexity index is 748. The number of hydrogen-bond acceptors (Lipinski definition) is 3. The lowest BCUT2D eigenvalue weighted by atomic mass is 10.1. The molecule has 3 aromatic rings. The Balaban J connectivity index is 2.02. The number of benzene rings is 1. The summed E-state index contributed by atoms with van der Waals surface area (Å²) in [6.07, 6.45) is 1.75. The molecule has 0 saturated heterocycles. The SMILES string of the molecule is CCOC(=O)c1ccc2cc(-c3ccccn3)[nH]c2c1. The summed E-state index contributed by atoms with van der Waals surface area (Å²) in [6.45, 7) is 2.17. The maximum absolute atomic E-state index is 11.7. The number of esters is 1. The topological polar surface area (TPSA) is 55.0 Å². The largest absolute Gasteiger partial charge is 0.462 e. The molecule has 100 valence electrons. The van der Waals surface area contributed by atoms with Gasteiger partial charge in [0.15, 0.2) is 0 Å². The highest BCUT2D eigenvalue weighted by Crippen LogP contribution is 2.23. The van der Waals surface area contributed by atoms with Crippen LogP contribution in [0.1, 0.15) is 17.3 Å². The highest BCUT2D eigenvalue weighted by atomic mass is 16.5. The molecule has 0 spiro atoms. The summed E-state index contributed by atoms with van der Waals surface area (Å²) in [4.78, 5) is 19.3. The van der Waals surface area contributed by atoms with Gasteiger partial charge in [-0.25, -0.2) is 4.79 Å². The molecule has 0 fully saturated rings. The van der Waals surface area contributed by atoms with Crippen LogP contribution in [-0.2, 0) is 4.74 Å². The van der Waals surface area contributed by atoms with Gasteiger partial charge in [-0.15, -0.1) is 0 Å². The third kappa shape index (κ3) is 2.28. The van der Waals surface area contributed by atoms with E-state index in [9.17, 15) is 4.79 Å². The molecule has 2 heterocycles. The van der Waals surface area contributed by atoms with E-state index in [1.165, 1.54) is 0 Å². The summed E-state index contributed by atoms with van der Waals surface area (Å²) >= 11 is 0. The summed E-state index contributed by atoms with van der Waals surface area (Å²) in [5.41, 5.74) is 3.26. The average Bonchev–Trinajstić information content (AvgIpc) is 2.91. The second kappa shape index (κ2) is 5.17. The van der Waals surface area contributed by atoms with Crippen molar-refractivity contribution in [1.82, 2.24) is 9.97 Å². The lowest BCUT2D eigenvalue weighted by Gasteiger charge is -2.01. The number of hydrogen-bond donors (Lipinski definition) is 1. The fourth-order valence-corrected chi connectivity index (χ4v) is 2.13. The van der Waals surface area contributed by atoms with Crippen LogP contribution in [0.3, 0.4) is 0 Å². The number of carbonyl (C=O) groups is 1. The maximum atomic E-state index is 11.7. The number of aromatic amines is 1. The van der Waals surface area contributed by atoms with Gasteiger partial charge in [0.2, 0.25) is 0 Å². The summed E-state index contributed by atoms with van der Waals surface area (Å²) in [6, 6.07) is 13.3.